The largest absolute Gasteiger partial charge is 0.489 e. The molecule has 0 atom stereocenters. The second-order valence-corrected chi connectivity index (χ2v) is 6.93. The minimum atomic E-state index is -0.506. The van der Waals surface area contributed by atoms with E-state index in [4.69, 9.17) is 27.9 Å². The highest BCUT2D eigenvalue weighted by molar-refractivity contribution is 6.31. The Labute approximate surface area is 179 Å². The van der Waals surface area contributed by atoms with Gasteiger partial charge in [-0.3, -0.25) is 4.79 Å². The highest BCUT2D eigenvalue weighted by Gasteiger charge is 2.10. The monoisotopic (exact) mass is 422 g/mol. The van der Waals surface area contributed by atoms with Crippen LogP contribution in [-0.4, -0.2) is 5.91 Å². The summed E-state index contributed by atoms with van der Waals surface area (Å²) in [4.78, 5) is 12.3. The summed E-state index contributed by atoms with van der Waals surface area (Å²) in [5.74, 6) is 0.151. The van der Waals surface area contributed by atoms with Crippen LogP contribution in [-0.2, 0) is 11.4 Å². The minimum Gasteiger partial charge on any atom is -0.489 e. The van der Waals surface area contributed by atoms with E-state index in [1.54, 1.807) is 48.5 Å². The molecule has 29 heavy (non-hydrogen) atoms. The lowest BCUT2D eigenvalue weighted by Crippen LogP contribution is -2.13. The summed E-state index contributed by atoms with van der Waals surface area (Å²) >= 11 is 12.0. The number of hydrogen-bond acceptors (Lipinski definition) is 3. The van der Waals surface area contributed by atoms with Crippen molar-refractivity contribution >= 4 is 40.9 Å². The molecule has 0 saturated heterocycles. The maximum Gasteiger partial charge on any atom is 0.266 e. The molecule has 3 rings (SSSR count). The van der Waals surface area contributed by atoms with Crippen molar-refractivity contribution in [3.63, 3.8) is 0 Å². The van der Waals surface area contributed by atoms with E-state index >= 15 is 0 Å². The van der Waals surface area contributed by atoms with Crippen LogP contribution in [0.3, 0.4) is 0 Å². The lowest BCUT2D eigenvalue weighted by atomic mass is 10.1. The summed E-state index contributed by atoms with van der Waals surface area (Å²) in [5.41, 5.74) is 2.09. The van der Waals surface area contributed by atoms with Gasteiger partial charge in [-0.05, 0) is 48.0 Å². The smallest absolute Gasteiger partial charge is 0.266 e. The number of carbonyl (C=O) groups is 1. The first-order valence-corrected chi connectivity index (χ1v) is 9.46. The van der Waals surface area contributed by atoms with Gasteiger partial charge in [0.05, 0.1) is 0 Å². The Kier molecular flexibility index (Phi) is 6.91. The molecule has 3 aromatic rings. The molecule has 3 aromatic carbocycles. The summed E-state index contributed by atoms with van der Waals surface area (Å²) in [7, 11) is 0. The predicted octanol–water partition coefficient (Wildman–Crippen LogP) is 6.12. The second-order valence-electron chi connectivity index (χ2n) is 6.08. The van der Waals surface area contributed by atoms with Crippen LogP contribution in [0.2, 0.25) is 10.0 Å². The lowest BCUT2D eigenvalue weighted by Gasteiger charge is -2.08. The van der Waals surface area contributed by atoms with Crippen LogP contribution < -0.4 is 10.1 Å². The van der Waals surface area contributed by atoms with Crippen molar-refractivity contribution in [3.8, 4) is 11.8 Å². The van der Waals surface area contributed by atoms with Gasteiger partial charge >= 0.3 is 0 Å². The first kappa shape index (κ1) is 20.5. The minimum absolute atomic E-state index is 0.0188. The standard InChI is InChI=1S/C23H16Cl2N2O2/c24-19-5-3-6-20(13-19)27-23(28)18(14-26)12-16-8-10-21(11-9-16)29-15-17-4-1-2-7-22(17)25/h1-13H,15H2,(H,27,28)/b18-12+. The molecule has 0 aliphatic carbocycles. The van der Waals surface area contributed by atoms with Crippen molar-refractivity contribution in [2.45, 2.75) is 6.61 Å². The molecule has 0 heterocycles. The lowest BCUT2D eigenvalue weighted by molar-refractivity contribution is -0.112. The van der Waals surface area contributed by atoms with E-state index in [-0.39, 0.29) is 5.57 Å². The van der Waals surface area contributed by atoms with Crippen LogP contribution in [0.4, 0.5) is 5.69 Å². The predicted molar refractivity (Wildman–Crippen MR) is 116 cm³/mol. The van der Waals surface area contributed by atoms with Crippen molar-refractivity contribution in [1.29, 1.82) is 5.26 Å². The van der Waals surface area contributed by atoms with Crippen LogP contribution in [0.15, 0.2) is 78.4 Å². The third-order valence-corrected chi connectivity index (χ3v) is 4.59. The van der Waals surface area contributed by atoms with Gasteiger partial charge in [0.2, 0.25) is 0 Å². The van der Waals surface area contributed by atoms with Gasteiger partial charge in [0.1, 0.15) is 24.0 Å². The van der Waals surface area contributed by atoms with Crippen LogP contribution in [0, 0.1) is 11.3 Å². The fraction of sp³-hybridized carbons (Fsp3) is 0.0435. The highest BCUT2D eigenvalue weighted by atomic mass is 35.5. The average Bonchev–Trinajstić information content (AvgIpc) is 2.72. The molecule has 0 saturated carbocycles. The number of halogens is 2. The molecule has 0 aliphatic rings. The third-order valence-electron chi connectivity index (χ3n) is 3.99. The summed E-state index contributed by atoms with van der Waals surface area (Å²) in [6.07, 6.45) is 1.51. The van der Waals surface area contributed by atoms with E-state index in [0.29, 0.717) is 33.7 Å². The van der Waals surface area contributed by atoms with Crippen LogP contribution in [0.5, 0.6) is 5.75 Å². The van der Waals surface area contributed by atoms with Gasteiger partial charge in [-0.2, -0.15) is 5.26 Å². The van der Waals surface area contributed by atoms with Gasteiger partial charge in [0.15, 0.2) is 0 Å². The fourth-order valence-corrected chi connectivity index (χ4v) is 2.90. The van der Waals surface area contributed by atoms with Crippen molar-refractivity contribution < 1.29 is 9.53 Å². The zero-order valence-corrected chi connectivity index (χ0v) is 16.7. The number of hydrogen-bond donors (Lipinski definition) is 1. The molecular formula is C23H16Cl2N2O2. The Morgan fingerprint density at radius 3 is 2.48 bits per heavy atom. The van der Waals surface area contributed by atoms with Crippen molar-refractivity contribution in [2.24, 2.45) is 0 Å². The van der Waals surface area contributed by atoms with E-state index < -0.39 is 5.91 Å². The molecular weight excluding hydrogens is 407 g/mol. The summed E-state index contributed by atoms with van der Waals surface area (Å²) in [5, 5.41) is 13.1. The number of benzene rings is 3. The molecule has 1 N–H and O–H groups in total. The molecule has 0 bridgehead atoms. The Hall–Kier alpha value is -3.26. The number of nitriles is 1. The van der Waals surface area contributed by atoms with E-state index in [1.165, 1.54) is 6.08 Å². The molecule has 1 amide bonds. The van der Waals surface area contributed by atoms with Gasteiger partial charge in [0, 0.05) is 21.3 Å². The van der Waals surface area contributed by atoms with E-state index in [1.807, 2.05) is 30.3 Å². The van der Waals surface area contributed by atoms with Gasteiger partial charge < -0.3 is 10.1 Å². The quantitative estimate of drug-likeness (QED) is 0.384. The highest BCUT2D eigenvalue weighted by Crippen LogP contribution is 2.20. The number of anilines is 1. The van der Waals surface area contributed by atoms with Gasteiger partial charge in [-0.1, -0.05) is 59.6 Å². The normalized spacial score (nSPS) is 10.9. The molecule has 0 spiro atoms. The first-order chi connectivity index (χ1) is 14.0. The van der Waals surface area contributed by atoms with Crippen molar-refractivity contribution in [3.05, 3.63) is 99.5 Å². The Morgan fingerprint density at radius 2 is 1.79 bits per heavy atom. The molecule has 4 nitrogen and oxygen atoms in total. The van der Waals surface area contributed by atoms with Gasteiger partial charge in [0.25, 0.3) is 5.91 Å². The molecule has 0 radical (unpaired) electrons. The Bertz CT molecular complexity index is 1090. The first-order valence-electron chi connectivity index (χ1n) is 8.70. The number of nitrogens with one attached hydrogen (secondary N) is 1. The van der Waals surface area contributed by atoms with E-state index in [9.17, 15) is 10.1 Å². The molecule has 0 fully saturated rings. The zero-order chi connectivity index (χ0) is 20.6. The second kappa shape index (κ2) is 9.79. The number of carbonyl (C=O) groups excluding carboxylic acids is 1. The van der Waals surface area contributed by atoms with E-state index in [2.05, 4.69) is 5.32 Å². The van der Waals surface area contributed by atoms with Crippen molar-refractivity contribution in [2.75, 3.05) is 5.32 Å². The average molecular weight is 423 g/mol. The molecule has 0 aliphatic heterocycles. The maximum atomic E-state index is 12.3. The molecule has 0 unspecified atom stereocenters. The van der Waals surface area contributed by atoms with Crippen molar-refractivity contribution in [1.82, 2.24) is 0 Å². The maximum absolute atomic E-state index is 12.3. The third kappa shape index (κ3) is 5.86. The van der Waals surface area contributed by atoms with Crippen LogP contribution >= 0.6 is 23.2 Å². The number of amides is 1. The fourth-order valence-electron chi connectivity index (χ4n) is 2.52. The Morgan fingerprint density at radius 1 is 1.03 bits per heavy atom. The number of nitrogens with zero attached hydrogens (tertiary/aromatic N) is 1. The summed E-state index contributed by atoms with van der Waals surface area (Å²) < 4.78 is 5.73. The molecule has 0 aromatic heterocycles. The molecule has 144 valence electrons. The Balaban J connectivity index is 1.66. The topological polar surface area (TPSA) is 62.1 Å². The van der Waals surface area contributed by atoms with Gasteiger partial charge in [-0.15, -0.1) is 0 Å². The SMILES string of the molecule is N#C/C(=C\c1ccc(OCc2ccccc2Cl)cc1)C(=O)Nc1cccc(Cl)c1. The zero-order valence-electron chi connectivity index (χ0n) is 15.2. The summed E-state index contributed by atoms with van der Waals surface area (Å²) in [6, 6.07) is 23.2. The van der Waals surface area contributed by atoms with Gasteiger partial charge in [-0.25, -0.2) is 0 Å². The number of ether oxygens (including phenoxy) is 1. The molecule has 6 heteroatoms. The van der Waals surface area contributed by atoms with Crippen LogP contribution in [0.1, 0.15) is 11.1 Å². The summed E-state index contributed by atoms with van der Waals surface area (Å²) in [6.45, 7) is 0.348. The number of rotatable bonds is 6. The van der Waals surface area contributed by atoms with Crippen LogP contribution in [0.25, 0.3) is 6.08 Å². The van der Waals surface area contributed by atoms with E-state index in [0.717, 1.165) is 5.56 Å².